The third-order valence-corrected chi connectivity index (χ3v) is 2.66. The molecule has 0 spiro atoms. The van der Waals surface area contributed by atoms with E-state index in [1.807, 2.05) is 5.38 Å². The summed E-state index contributed by atoms with van der Waals surface area (Å²) >= 11 is 1.54. The maximum absolute atomic E-state index is 10.7. The molecule has 0 fully saturated rings. The van der Waals surface area contributed by atoms with Gasteiger partial charge in [-0.05, 0) is 6.07 Å². The summed E-state index contributed by atoms with van der Waals surface area (Å²) in [5.74, 6) is -0.741. The number of aromatic nitrogens is 3. The van der Waals surface area contributed by atoms with Crippen LogP contribution >= 0.6 is 11.3 Å². The molecule has 0 aliphatic carbocycles. The first-order valence-corrected chi connectivity index (χ1v) is 5.87. The van der Waals surface area contributed by atoms with E-state index in [4.69, 9.17) is 5.11 Å². The van der Waals surface area contributed by atoms with E-state index < -0.39 is 5.97 Å². The molecule has 0 aliphatic rings. The van der Waals surface area contributed by atoms with Crippen molar-refractivity contribution in [2.45, 2.75) is 6.42 Å². The lowest BCUT2D eigenvalue weighted by Crippen LogP contribution is -2.10. The van der Waals surface area contributed by atoms with E-state index >= 15 is 0 Å². The van der Waals surface area contributed by atoms with Gasteiger partial charge in [-0.2, -0.15) is 0 Å². The Morgan fingerprint density at radius 1 is 1.47 bits per heavy atom. The molecule has 0 radical (unpaired) electrons. The molecule has 2 rings (SSSR count). The van der Waals surface area contributed by atoms with E-state index in [1.165, 1.54) is 12.3 Å². The Hall–Kier alpha value is -2.02. The van der Waals surface area contributed by atoms with Crippen molar-refractivity contribution in [3.63, 3.8) is 0 Å². The smallest absolute Gasteiger partial charge is 0.354 e. The highest BCUT2D eigenvalue weighted by Gasteiger charge is 2.05. The second kappa shape index (κ2) is 5.35. The molecule has 0 bridgehead atoms. The van der Waals surface area contributed by atoms with E-state index in [1.54, 1.807) is 16.8 Å². The summed E-state index contributed by atoms with van der Waals surface area (Å²) in [4.78, 5) is 22.6. The molecule has 2 heterocycles. The zero-order valence-electron chi connectivity index (χ0n) is 8.83. The van der Waals surface area contributed by atoms with Gasteiger partial charge in [0.25, 0.3) is 0 Å². The van der Waals surface area contributed by atoms with Gasteiger partial charge in [0.1, 0.15) is 0 Å². The Kier molecular flexibility index (Phi) is 3.61. The number of thiazole rings is 1. The van der Waals surface area contributed by atoms with Crippen LogP contribution in [0.15, 0.2) is 23.2 Å². The van der Waals surface area contributed by atoms with E-state index in [-0.39, 0.29) is 5.69 Å². The minimum Gasteiger partial charge on any atom is -0.477 e. The molecule has 17 heavy (non-hydrogen) atoms. The zero-order valence-corrected chi connectivity index (χ0v) is 9.65. The summed E-state index contributed by atoms with van der Waals surface area (Å²) in [6.45, 7) is 0.618. The summed E-state index contributed by atoms with van der Waals surface area (Å²) in [7, 11) is 0. The third kappa shape index (κ3) is 3.22. The molecule has 0 amide bonds. The van der Waals surface area contributed by atoms with Crippen molar-refractivity contribution in [3.05, 3.63) is 34.5 Å². The Morgan fingerprint density at radius 3 is 3.06 bits per heavy atom. The number of hydrogen-bond acceptors (Lipinski definition) is 6. The van der Waals surface area contributed by atoms with Gasteiger partial charge in [0.05, 0.1) is 11.2 Å². The molecule has 0 atom stereocenters. The lowest BCUT2D eigenvalue weighted by atomic mass is 10.3. The molecule has 7 heteroatoms. The number of aromatic carboxylic acids is 1. The highest BCUT2D eigenvalue weighted by Crippen LogP contribution is 2.03. The lowest BCUT2D eigenvalue weighted by molar-refractivity contribution is 0.0690. The molecule has 2 N–H and O–H groups in total. The molecular weight excluding hydrogens is 240 g/mol. The standard InChI is InChI=1S/C10H10N4O2S/c15-9(16)8-2-4-12-10(14-8)11-3-1-7-5-17-6-13-7/h2,4-6H,1,3H2,(H,15,16)(H,11,12,14). The van der Waals surface area contributed by atoms with Crippen LogP contribution < -0.4 is 5.32 Å². The lowest BCUT2D eigenvalue weighted by Gasteiger charge is -2.03. The van der Waals surface area contributed by atoms with Crippen molar-refractivity contribution < 1.29 is 9.90 Å². The van der Waals surface area contributed by atoms with Crippen LogP contribution in [0.4, 0.5) is 5.95 Å². The van der Waals surface area contributed by atoms with Crippen molar-refractivity contribution in [3.8, 4) is 0 Å². The number of nitrogens with one attached hydrogen (secondary N) is 1. The predicted octanol–water partition coefficient (Wildman–Crippen LogP) is 1.29. The number of carboxylic acids is 1. The first-order chi connectivity index (χ1) is 8.25. The van der Waals surface area contributed by atoms with E-state index in [0.29, 0.717) is 12.5 Å². The molecule has 0 saturated heterocycles. The second-order valence-corrected chi connectivity index (χ2v) is 3.95. The molecule has 0 unspecified atom stereocenters. The second-order valence-electron chi connectivity index (χ2n) is 3.23. The largest absolute Gasteiger partial charge is 0.477 e. The summed E-state index contributed by atoms with van der Waals surface area (Å²) in [5.41, 5.74) is 2.75. The fourth-order valence-corrected chi connectivity index (χ4v) is 1.82. The molecular formula is C10H10N4O2S. The molecule has 6 nitrogen and oxygen atoms in total. The summed E-state index contributed by atoms with van der Waals surface area (Å²) in [5, 5.41) is 13.7. The van der Waals surface area contributed by atoms with Crippen LogP contribution in [0.3, 0.4) is 0 Å². The van der Waals surface area contributed by atoms with Crippen LogP contribution in [-0.2, 0) is 6.42 Å². The molecule has 0 aromatic carbocycles. The Bertz CT molecular complexity index is 501. The van der Waals surface area contributed by atoms with Crippen LogP contribution in [-0.4, -0.2) is 32.6 Å². The van der Waals surface area contributed by atoms with Crippen LogP contribution in [0, 0.1) is 0 Å². The van der Waals surface area contributed by atoms with E-state index in [2.05, 4.69) is 20.3 Å². The average molecular weight is 250 g/mol. The van der Waals surface area contributed by atoms with E-state index in [9.17, 15) is 4.79 Å². The van der Waals surface area contributed by atoms with Gasteiger partial charge in [-0.1, -0.05) is 0 Å². The highest BCUT2D eigenvalue weighted by atomic mass is 32.1. The van der Waals surface area contributed by atoms with Crippen LogP contribution in [0.1, 0.15) is 16.2 Å². The first kappa shape index (κ1) is 11.5. The first-order valence-electron chi connectivity index (χ1n) is 4.93. The Balaban J connectivity index is 1.90. The number of carbonyl (C=O) groups is 1. The molecule has 0 aliphatic heterocycles. The molecule has 0 saturated carbocycles. The van der Waals surface area contributed by atoms with Crippen LogP contribution in [0.5, 0.6) is 0 Å². The van der Waals surface area contributed by atoms with Gasteiger partial charge in [0.15, 0.2) is 5.69 Å². The molecule has 88 valence electrons. The molecule has 2 aromatic heterocycles. The maximum Gasteiger partial charge on any atom is 0.354 e. The van der Waals surface area contributed by atoms with Crippen molar-refractivity contribution >= 4 is 23.3 Å². The van der Waals surface area contributed by atoms with Gasteiger partial charge in [-0.15, -0.1) is 11.3 Å². The number of nitrogens with zero attached hydrogens (tertiary/aromatic N) is 3. The van der Waals surface area contributed by atoms with Gasteiger partial charge in [0.2, 0.25) is 5.95 Å². The predicted molar refractivity (Wildman–Crippen MR) is 63.3 cm³/mol. The van der Waals surface area contributed by atoms with Crippen LogP contribution in [0.2, 0.25) is 0 Å². The van der Waals surface area contributed by atoms with Crippen molar-refractivity contribution in [2.24, 2.45) is 0 Å². The third-order valence-electron chi connectivity index (χ3n) is 2.02. The summed E-state index contributed by atoms with van der Waals surface area (Å²) in [6, 6.07) is 1.36. The van der Waals surface area contributed by atoms with Crippen molar-refractivity contribution in [2.75, 3.05) is 11.9 Å². The Labute approximate surface area is 101 Å². The van der Waals surface area contributed by atoms with E-state index in [0.717, 1.165) is 12.1 Å². The summed E-state index contributed by atoms with van der Waals surface area (Å²) < 4.78 is 0. The fraction of sp³-hybridized carbons (Fsp3) is 0.200. The van der Waals surface area contributed by atoms with Gasteiger partial charge < -0.3 is 10.4 Å². The monoisotopic (exact) mass is 250 g/mol. The zero-order chi connectivity index (χ0) is 12.1. The minimum absolute atomic E-state index is 0.0174. The highest BCUT2D eigenvalue weighted by molar-refractivity contribution is 7.07. The fourth-order valence-electron chi connectivity index (χ4n) is 1.23. The van der Waals surface area contributed by atoms with Gasteiger partial charge in [-0.3, -0.25) is 0 Å². The SMILES string of the molecule is O=C(O)c1ccnc(NCCc2cscn2)n1. The van der Waals surface area contributed by atoms with Gasteiger partial charge >= 0.3 is 5.97 Å². The topological polar surface area (TPSA) is 88.0 Å². The van der Waals surface area contributed by atoms with Crippen molar-refractivity contribution in [1.82, 2.24) is 15.0 Å². The summed E-state index contributed by atoms with van der Waals surface area (Å²) in [6.07, 6.45) is 2.17. The number of anilines is 1. The normalized spacial score (nSPS) is 10.1. The van der Waals surface area contributed by atoms with Gasteiger partial charge in [-0.25, -0.2) is 19.7 Å². The van der Waals surface area contributed by atoms with Crippen molar-refractivity contribution in [1.29, 1.82) is 0 Å². The number of carboxylic acid groups (broad SMARTS) is 1. The number of rotatable bonds is 5. The maximum atomic E-state index is 10.7. The average Bonchev–Trinajstić information content (AvgIpc) is 2.82. The minimum atomic E-state index is -1.06. The Morgan fingerprint density at radius 2 is 2.35 bits per heavy atom. The van der Waals surface area contributed by atoms with Gasteiger partial charge in [0, 0.05) is 24.5 Å². The number of hydrogen-bond donors (Lipinski definition) is 2. The molecule has 2 aromatic rings. The quantitative estimate of drug-likeness (QED) is 0.831. The van der Waals surface area contributed by atoms with Crippen LogP contribution in [0.25, 0.3) is 0 Å².